The molecule has 0 unspecified atom stereocenters. The van der Waals surface area contributed by atoms with Crippen LogP contribution in [0.5, 0.6) is 0 Å². The molecular formula is C30H44N2O7. The van der Waals surface area contributed by atoms with E-state index in [0.717, 1.165) is 38.5 Å². The van der Waals surface area contributed by atoms with E-state index in [0.29, 0.717) is 30.0 Å². The zero-order chi connectivity index (χ0) is 28.7. The van der Waals surface area contributed by atoms with Gasteiger partial charge in [-0.2, -0.15) is 0 Å². The molecule has 1 aromatic rings. The Morgan fingerprint density at radius 1 is 0.795 bits per heavy atom. The van der Waals surface area contributed by atoms with Crippen molar-refractivity contribution >= 4 is 29.7 Å². The first-order chi connectivity index (χ1) is 18.5. The maximum absolute atomic E-state index is 12.1. The number of hydrogen-bond acceptors (Lipinski definition) is 7. The number of aryl methyl sites for hydroxylation is 1. The average Bonchev–Trinajstić information content (AvgIpc) is 3.19. The summed E-state index contributed by atoms with van der Waals surface area (Å²) in [6.45, 7) is 5.94. The number of imide groups is 1. The van der Waals surface area contributed by atoms with Crippen molar-refractivity contribution in [2.24, 2.45) is 0 Å². The first kappa shape index (κ1) is 32.0. The van der Waals surface area contributed by atoms with Crippen LogP contribution in [0.3, 0.4) is 0 Å². The number of hydrogen-bond donors (Lipinski definition) is 1. The number of amides is 3. The number of carbonyl (C=O) groups is 5. The van der Waals surface area contributed by atoms with E-state index >= 15 is 0 Å². The second-order valence-corrected chi connectivity index (χ2v) is 11.0. The number of nitrogens with zero attached hydrogens (tertiary/aromatic N) is 1. The van der Waals surface area contributed by atoms with Crippen molar-refractivity contribution < 1.29 is 33.5 Å². The van der Waals surface area contributed by atoms with E-state index in [1.54, 1.807) is 0 Å². The van der Waals surface area contributed by atoms with Gasteiger partial charge in [0.15, 0.2) is 0 Å². The van der Waals surface area contributed by atoms with E-state index in [1.165, 1.54) is 24.8 Å². The van der Waals surface area contributed by atoms with Gasteiger partial charge in [0, 0.05) is 32.2 Å². The molecule has 1 N–H and O–H groups in total. The van der Waals surface area contributed by atoms with Gasteiger partial charge in [0.05, 0.1) is 5.56 Å². The number of esters is 1. The molecule has 1 aliphatic heterocycles. The third-order valence-electron chi connectivity index (χ3n) is 6.29. The van der Waals surface area contributed by atoms with Crippen LogP contribution < -0.4 is 5.32 Å². The van der Waals surface area contributed by atoms with Gasteiger partial charge in [0.1, 0.15) is 5.60 Å². The first-order valence-corrected chi connectivity index (χ1v) is 14.2. The highest BCUT2D eigenvalue weighted by Gasteiger charge is 2.32. The zero-order valence-electron chi connectivity index (χ0n) is 23.7. The van der Waals surface area contributed by atoms with Crippen LogP contribution in [0.2, 0.25) is 0 Å². The smallest absolute Gasteiger partial charge is 0.338 e. The highest BCUT2D eigenvalue weighted by molar-refractivity contribution is 6.01. The SMILES string of the molecule is CC(C)(C)OC(=O)c1ccc(CCCCCCCCCCC(=O)NCCCC(=O)ON2C(=O)CCC2=O)cc1. The van der Waals surface area contributed by atoms with Crippen molar-refractivity contribution in [1.82, 2.24) is 10.4 Å². The molecule has 9 nitrogen and oxygen atoms in total. The lowest BCUT2D eigenvalue weighted by atomic mass is 10.0. The first-order valence-electron chi connectivity index (χ1n) is 14.2. The van der Waals surface area contributed by atoms with Gasteiger partial charge in [-0.15, -0.1) is 5.06 Å². The molecule has 1 saturated heterocycles. The summed E-state index contributed by atoms with van der Waals surface area (Å²) in [7, 11) is 0. The second kappa shape index (κ2) is 16.7. The molecule has 0 spiro atoms. The van der Waals surface area contributed by atoms with Crippen molar-refractivity contribution in [2.75, 3.05) is 6.54 Å². The second-order valence-electron chi connectivity index (χ2n) is 11.0. The molecule has 3 amide bonds. The van der Waals surface area contributed by atoms with Crippen LogP contribution >= 0.6 is 0 Å². The summed E-state index contributed by atoms with van der Waals surface area (Å²) < 4.78 is 5.39. The Bertz CT molecular complexity index is 951. The summed E-state index contributed by atoms with van der Waals surface area (Å²) in [6.07, 6.45) is 10.8. The van der Waals surface area contributed by atoms with E-state index < -0.39 is 23.4 Å². The monoisotopic (exact) mass is 544 g/mol. The number of ether oxygens (including phenoxy) is 1. The minimum Gasteiger partial charge on any atom is -0.456 e. The summed E-state index contributed by atoms with van der Waals surface area (Å²) in [5, 5.41) is 3.33. The topological polar surface area (TPSA) is 119 Å². The summed E-state index contributed by atoms with van der Waals surface area (Å²) in [6, 6.07) is 7.69. The van der Waals surface area contributed by atoms with Gasteiger partial charge < -0.3 is 14.9 Å². The van der Waals surface area contributed by atoms with Crippen molar-refractivity contribution in [3.8, 4) is 0 Å². The van der Waals surface area contributed by atoms with Gasteiger partial charge in [-0.05, 0) is 64.2 Å². The molecule has 0 bridgehead atoms. The fourth-order valence-electron chi connectivity index (χ4n) is 4.17. The van der Waals surface area contributed by atoms with Crippen LogP contribution in [0.25, 0.3) is 0 Å². The zero-order valence-corrected chi connectivity index (χ0v) is 23.7. The van der Waals surface area contributed by atoms with Crippen LogP contribution in [-0.4, -0.2) is 46.9 Å². The molecule has 0 aliphatic carbocycles. The van der Waals surface area contributed by atoms with Crippen molar-refractivity contribution in [3.63, 3.8) is 0 Å². The molecule has 39 heavy (non-hydrogen) atoms. The van der Waals surface area contributed by atoms with Crippen LogP contribution in [0.4, 0.5) is 0 Å². The molecule has 1 aromatic carbocycles. The largest absolute Gasteiger partial charge is 0.456 e. The van der Waals surface area contributed by atoms with Gasteiger partial charge in [0.2, 0.25) is 5.91 Å². The number of hydroxylamine groups is 2. The molecule has 1 heterocycles. The Balaban J connectivity index is 1.40. The van der Waals surface area contributed by atoms with E-state index in [9.17, 15) is 24.0 Å². The minimum absolute atomic E-state index is 0.0255. The number of carbonyl (C=O) groups excluding carboxylic acids is 5. The predicted octanol–water partition coefficient (Wildman–Crippen LogP) is 5.20. The van der Waals surface area contributed by atoms with E-state index in [4.69, 9.17) is 9.57 Å². The molecule has 216 valence electrons. The molecule has 0 saturated carbocycles. The molecular weight excluding hydrogens is 500 g/mol. The lowest BCUT2D eigenvalue weighted by Gasteiger charge is -2.19. The lowest BCUT2D eigenvalue weighted by molar-refractivity contribution is -0.197. The average molecular weight is 545 g/mol. The number of nitrogens with one attached hydrogen (secondary N) is 1. The van der Waals surface area contributed by atoms with Gasteiger partial charge in [-0.25, -0.2) is 9.59 Å². The van der Waals surface area contributed by atoms with Crippen molar-refractivity contribution in [1.29, 1.82) is 0 Å². The third-order valence-corrected chi connectivity index (χ3v) is 6.29. The Labute approximate surface area is 231 Å². The standard InChI is InChI=1S/C30H44N2O7/c1-30(2,3)38-29(37)24-18-16-23(17-19-24)13-10-8-6-4-5-7-9-11-14-25(33)31-22-12-15-28(36)39-32-26(34)20-21-27(32)35/h16-19H,4-15,20-22H2,1-3H3,(H,31,33). The Morgan fingerprint density at radius 2 is 1.36 bits per heavy atom. The predicted molar refractivity (Wildman–Crippen MR) is 146 cm³/mol. The van der Waals surface area contributed by atoms with E-state index in [2.05, 4.69) is 5.32 Å². The number of unbranched alkanes of at least 4 members (excludes halogenated alkanes) is 7. The number of rotatable bonds is 17. The minimum atomic E-state index is -0.651. The van der Waals surface area contributed by atoms with Crippen LogP contribution in [0.15, 0.2) is 24.3 Å². The maximum Gasteiger partial charge on any atom is 0.338 e. The lowest BCUT2D eigenvalue weighted by Crippen LogP contribution is -2.32. The fraction of sp³-hybridized carbons (Fsp3) is 0.633. The van der Waals surface area contributed by atoms with Crippen molar-refractivity contribution in [3.05, 3.63) is 35.4 Å². The fourth-order valence-corrected chi connectivity index (χ4v) is 4.17. The Kier molecular flexibility index (Phi) is 13.7. The van der Waals surface area contributed by atoms with Gasteiger partial charge in [-0.1, -0.05) is 50.7 Å². The highest BCUT2D eigenvalue weighted by atomic mass is 16.7. The van der Waals surface area contributed by atoms with Crippen molar-refractivity contribution in [2.45, 2.75) is 116 Å². The van der Waals surface area contributed by atoms with Gasteiger partial charge in [0.25, 0.3) is 11.8 Å². The molecule has 0 aromatic heterocycles. The third kappa shape index (κ3) is 13.4. The molecule has 0 atom stereocenters. The molecule has 2 rings (SSSR count). The normalized spacial score (nSPS) is 13.5. The molecule has 9 heteroatoms. The van der Waals surface area contributed by atoms with Crippen LogP contribution in [0, 0.1) is 0 Å². The van der Waals surface area contributed by atoms with Crippen LogP contribution in [-0.2, 0) is 35.2 Å². The van der Waals surface area contributed by atoms with Gasteiger partial charge >= 0.3 is 11.9 Å². The van der Waals surface area contributed by atoms with Crippen LogP contribution in [0.1, 0.15) is 120 Å². The summed E-state index contributed by atoms with van der Waals surface area (Å²) in [5.74, 6) is -1.97. The highest BCUT2D eigenvalue weighted by Crippen LogP contribution is 2.16. The Hall–Kier alpha value is -3.23. The number of benzene rings is 1. The summed E-state index contributed by atoms with van der Waals surface area (Å²) in [5.41, 5.74) is 1.32. The molecule has 1 fully saturated rings. The quantitative estimate of drug-likeness (QED) is 0.163. The summed E-state index contributed by atoms with van der Waals surface area (Å²) in [4.78, 5) is 63.4. The van der Waals surface area contributed by atoms with E-state index in [1.807, 2.05) is 45.0 Å². The van der Waals surface area contributed by atoms with E-state index in [-0.39, 0.29) is 31.1 Å². The Morgan fingerprint density at radius 3 is 1.95 bits per heavy atom. The maximum atomic E-state index is 12.1. The summed E-state index contributed by atoms with van der Waals surface area (Å²) >= 11 is 0. The molecule has 1 aliphatic rings. The van der Waals surface area contributed by atoms with Gasteiger partial charge in [-0.3, -0.25) is 14.4 Å². The molecule has 0 radical (unpaired) electrons.